The Labute approximate surface area is 193 Å². The molecule has 2 aliphatic rings. The van der Waals surface area contributed by atoms with Crippen LogP contribution in [0, 0.1) is 5.92 Å². The van der Waals surface area contributed by atoms with Crippen LogP contribution in [0.5, 0.6) is 5.75 Å². The minimum Gasteiger partial charge on any atom is -0.497 e. The summed E-state index contributed by atoms with van der Waals surface area (Å²) >= 11 is 3.58. The molecule has 0 bridgehead atoms. The van der Waals surface area contributed by atoms with Gasteiger partial charge < -0.3 is 19.5 Å². The van der Waals surface area contributed by atoms with Crippen molar-refractivity contribution in [2.45, 2.75) is 43.7 Å². The van der Waals surface area contributed by atoms with E-state index in [4.69, 9.17) is 9.47 Å². The van der Waals surface area contributed by atoms with Crippen LogP contribution in [0.2, 0.25) is 18.6 Å². The molecule has 4 atom stereocenters. The summed E-state index contributed by atoms with van der Waals surface area (Å²) in [4.78, 5) is 15.4. The molecule has 1 saturated heterocycles. The number of aliphatic hydroxyl groups is 1. The van der Waals surface area contributed by atoms with E-state index >= 15 is 0 Å². The molecule has 1 N–H and O–H groups in total. The standard InChI is InChI=1S/C24H30BrNO4Si/c1-15-22(31(4,5)18-9-7-17(29-3)8-10-18)21(12-13-27)30-24(15)19-14-16(25)6-11-20(19)26(2)23(24)28/h6-11,14-15,21-22,27H,12-13H2,1-5H3/t15-,21+,22-,24+/m0/s1. The topological polar surface area (TPSA) is 59.0 Å². The number of carbonyl (C=O) groups excluding carboxylic acids is 1. The maximum Gasteiger partial charge on any atom is 0.264 e. The van der Waals surface area contributed by atoms with E-state index in [1.165, 1.54) is 5.19 Å². The van der Waals surface area contributed by atoms with Gasteiger partial charge in [-0.05, 0) is 42.3 Å². The highest BCUT2D eigenvalue weighted by molar-refractivity contribution is 9.10. The molecule has 2 aliphatic heterocycles. The molecule has 0 radical (unpaired) electrons. The third-order valence-electron chi connectivity index (χ3n) is 7.34. The molecular formula is C24H30BrNO4Si. The highest BCUT2D eigenvalue weighted by Crippen LogP contribution is 2.59. The highest BCUT2D eigenvalue weighted by atomic mass is 79.9. The molecule has 31 heavy (non-hydrogen) atoms. The molecule has 2 heterocycles. The van der Waals surface area contributed by atoms with Crippen LogP contribution in [-0.2, 0) is 15.1 Å². The fourth-order valence-corrected chi connectivity index (χ4v) is 10.2. The van der Waals surface area contributed by atoms with Gasteiger partial charge in [0, 0.05) is 29.6 Å². The van der Waals surface area contributed by atoms with Crippen LogP contribution >= 0.6 is 15.9 Å². The minimum absolute atomic E-state index is 0.0157. The number of aliphatic hydroxyl groups excluding tert-OH is 1. The zero-order valence-corrected chi connectivity index (χ0v) is 21.3. The van der Waals surface area contributed by atoms with Gasteiger partial charge in [0.2, 0.25) is 0 Å². The molecule has 1 spiro atoms. The molecule has 5 nitrogen and oxygen atoms in total. The van der Waals surface area contributed by atoms with Crippen molar-refractivity contribution in [1.82, 2.24) is 0 Å². The van der Waals surface area contributed by atoms with Gasteiger partial charge in [-0.1, -0.05) is 53.3 Å². The number of likely N-dealkylation sites (N-methyl/N-ethyl adjacent to an activating group) is 1. The molecular weight excluding hydrogens is 474 g/mol. The Morgan fingerprint density at radius 3 is 2.52 bits per heavy atom. The number of nitrogens with zero attached hydrogens (tertiary/aromatic N) is 1. The molecule has 0 aromatic heterocycles. The maximum atomic E-state index is 13.7. The summed E-state index contributed by atoms with van der Waals surface area (Å²) in [6.07, 6.45) is 0.329. The van der Waals surface area contributed by atoms with Crippen LogP contribution in [0.1, 0.15) is 18.9 Å². The van der Waals surface area contributed by atoms with E-state index in [0.717, 1.165) is 21.5 Å². The first-order valence-electron chi connectivity index (χ1n) is 10.7. The highest BCUT2D eigenvalue weighted by Gasteiger charge is 2.65. The first-order chi connectivity index (χ1) is 14.7. The third-order valence-corrected chi connectivity index (χ3v) is 12.2. The number of ether oxygens (including phenoxy) is 2. The Bertz CT molecular complexity index is 996. The van der Waals surface area contributed by atoms with Crippen molar-refractivity contribution in [2.24, 2.45) is 5.92 Å². The average molecular weight is 504 g/mol. The second-order valence-electron chi connectivity index (χ2n) is 9.19. The summed E-state index contributed by atoms with van der Waals surface area (Å²) in [7, 11) is 1.39. The van der Waals surface area contributed by atoms with Crippen molar-refractivity contribution in [3.8, 4) is 5.75 Å². The second-order valence-corrected chi connectivity index (χ2v) is 14.8. The monoisotopic (exact) mass is 503 g/mol. The maximum absolute atomic E-state index is 13.7. The lowest BCUT2D eigenvalue weighted by atomic mass is 9.82. The van der Waals surface area contributed by atoms with E-state index < -0.39 is 13.7 Å². The van der Waals surface area contributed by atoms with Crippen LogP contribution < -0.4 is 14.8 Å². The van der Waals surface area contributed by atoms with Crippen molar-refractivity contribution < 1.29 is 19.4 Å². The Kier molecular flexibility index (Phi) is 5.83. The zero-order chi connectivity index (χ0) is 22.6. The molecule has 1 fully saturated rings. The molecule has 166 valence electrons. The number of rotatable bonds is 5. The van der Waals surface area contributed by atoms with Crippen LogP contribution in [0.15, 0.2) is 46.9 Å². The van der Waals surface area contributed by atoms with Gasteiger partial charge in [0.25, 0.3) is 5.91 Å². The number of amides is 1. The van der Waals surface area contributed by atoms with Crippen LogP contribution in [-0.4, -0.2) is 46.0 Å². The summed E-state index contributed by atoms with van der Waals surface area (Å²) in [5.74, 6) is 0.787. The van der Waals surface area contributed by atoms with Gasteiger partial charge in [0.15, 0.2) is 5.60 Å². The van der Waals surface area contributed by atoms with Crippen LogP contribution in [0.3, 0.4) is 0 Å². The zero-order valence-electron chi connectivity index (χ0n) is 18.7. The smallest absolute Gasteiger partial charge is 0.264 e. The van der Waals surface area contributed by atoms with Gasteiger partial charge in [-0.25, -0.2) is 0 Å². The summed E-state index contributed by atoms with van der Waals surface area (Å²) in [5.41, 5.74) is 0.962. The van der Waals surface area contributed by atoms with Crippen LogP contribution in [0.25, 0.3) is 0 Å². The normalized spacial score (nSPS) is 27.8. The quantitative estimate of drug-likeness (QED) is 0.625. The van der Waals surface area contributed by atoms with Crippen molar-refractivity contribution in [2.75, 3.05) is 25.7 Å². The second kappa shape index (κ2) is 8.03. The number of halogens is 1. The number of hydrogen-bond donors (Lipinski definition) is 1. The number of hydrogen-bond acceptors (Lipinski definition) is 4. The lowest BCUT2D eigenvalue weighted by Gasteiger charge is -2.37. The fraction of sp³-hybridized carbons (Fsp3) is 0.458. The third kappa shape index (κ3) is 3.28. The summed E-state index contributed by atoms with van der Waals surface area (Å²) in [6.45, 7) is 6.87. The van der Waals surface area contributed by atoms with Crippen molar-refractivity contribution >= 4 is 40.8 Å². The number of fused-ring (bicyclic) bond motifs is 2. The molecule has 2 aromatic rings. The molecule has 0 saturated carbocycles. The summed E-state index contributed by atoms with van der Waals surface area (Å²) in [6, 6.07) is 14.2. The molecule has 1 amide bonds. The fourth-order valence-electron chi connectivity index (χ4n) is 5.79. The number of methoxy groups -OCH3 is 1. The van der Waals surface area contributed by atoms with Crippen molar-refractivity contribution in [1.29, 1.82) is 0 Å². The summed E-state index contributed by atoms with van der Waals surface area (Å²) in [5, 5.41) is 11.1. The van der Waals surface area contributed by atoms with E-state index in [9.17, 15) is 9.90 Å². The van der Waals surface area contributed by atoms with Crippen molar-refractivity contribution in [3.05, 3.63) is 52.5 Å². The van der Waals surface area contributed by atoms with E-state index in [0.29, 0.717) is 6.42 Å². The van der Waals surface area contributed by atoms with Crippen LogP contribution in [0.4, 0.5) is 5.69 Å². The van der Waals surface area contributed by atoms with E-state index in [2.05, 4.69) is 48.1 Å². The van der Waals surface area contributed by atoms with E-state index in [1.807, 2.05) is 37.4 Å². The number of carbonyl (C=O) groups is 1. The Morgan fingerprint density at radius 1 is 1.23 bits per heavy atom. The minimum atomic E-state index is -2.10. The van der Waals surface area contributed by atoms with Gasteiger partial charge in [0.1, 0.15) is 5.75 Å². The molecule has 7 heteroatoms. The van der Waals surface area contributed by atoms with E-state index in [-0.39, 0.29) is 30.1 Å². The Balaban J connectivity index is 1.83. The molecule has 4 rings (SSSR count). The first-order valence-corrected chi connectivity index (χ1v) is 14.6. The van der Waals surface area contributed by atoms with Gasteiger partial charge in [-0.2, -0.15) is 0 Å². The number of benzene rings is 2. The molecule has 0 aliphatic carbocycles. The SMILES string of the molecule is COc1ccc([Si](C)(C)[C@@H]2[C@@H](CCO)O[C@]3(C(=O)N(C)c4ccc(Br)cc43)[C@H]2C)cc1. The average Bonchev–Trinajstić information content (AvgIpc) is 3.16. The Hall–Kier alpha value is -1.67. The van der Waals surface area contributed by atoms with Gasteiger partial charge in [-0.3, -0.25) is 4.79 Å². The largest absolute Gasteiger partial charge is 0.497 e. The lowest BCUT2D eigenvalue weighted by Crippen LogP contribution is -2.51. The summed E-state index contributed by atoms with van der Waals surface area (Å²) < 4.78 is 13.0. The molecule has 0 unspecified atom stereocenters. The predicted molar refractivity (Wildman–Crippen MR) is 129 cm³/mol. The number of anilines is 1. The van der Waals surface area contributed by atoms with Gasteiger partial charge in [-0.15, -0.1) is 0 Å². The van der Waals surface area contributed by atoms with Crippen molar-refractivity contribution in [3.63, 3.8) is 0 Å². The van der Waals surface area contributed by atoms with Gasteiger partial charge in [0.05, 0.1) is 27.0 Å². The predicted octanol–water partition coefficient (Wildman–Crippen LogP) is 4.03. The molecule has 2 aromatic carbocycles. The first kappa shape index (κ1) is 22.5. The van der Waals surface area contributed by atoms with E-state index in [1.54, 1.807) is 12.0 Å². The van der Waals surface area contributed by atoms with Gasteiger partial charge >= 0.3 is 0 Å². The lowest BCUT2D eigenvalue weighted by molar-refractivity contribution is -0.146. The Morgan fingerprint density at radius 2 is 1.90 bits per heavy atom.